The van der Waals surface area contributed by atoms with Crippen LogP contribution in [0.4, 0.5) is 13.2 Å². The number of halogens is 4. The van der Waals surface area contributed by atoms with Gasteiger partial charge in [-0.15, -0.1) is 0 Å². The summed E-state index contributed by atoms with van der Waals surface area (Å²) in [6.45, 7) is 1.06. The molecule has 1 fully saturated rings. The zero-order chi connectivity index (χ0) is 18.4. The number of carboxylic acid groups (broad SMARTS) is 1. The predicted molar refractivity (Wildman–Crippen MR) is 85.2 cm³/mol. The van der Waals surface area contributed by atoms with Gasteiger partial charge in [-0.2, -0.15) is 13.2 Å². The van der Waals surface area contributed by atoms with Gasteiger partial charge in [-0.1, -0.05) is 35.3 Å². The molecule has 25 heavy (non-hydrogen) atoms. The van der Waals surface area contributed by atoms with Crippen LogP contribution in [0.3, 0.4) is 0 Å². The number of aromatic nitrogens is 1. The molecule has 0 amide bonds. The Morgan fingerprint density at radius 2 is 2.04 bits per heavy atom. The third-order valence-corrected chi connectivity index (χ3v) is 3.78. The minimum absolute atomic E-state index is 0.329. The van der Waals surface area contributed by atoms with Crippen molar-refractivity contribution in [1.82, 2.24) is 10.5 Å². The number of carboxylic acids is 1. The number of rotatable bonds is 2. The zero-order valence-corrected chi connectivity index (χ0v) is 13.8. The topological polar surface area (TPSA) is 75.4 Å². The van der Waals surface area contributed by atoms with Gasteiger partial charge in [-0.25, -0.2) is 4.79 Å². The molecule has 9 heteroatoms. The summed E-state index contributed by atoms with van der Waals surface area (Å²) in [4.78, 5) is 8.90. The summed E-state index contributed by atoms with van der Waals surface area (Å²) in [7, 11) is 0. The summed E-state index contributed by atoms with van der Waals surface area (Å²) in [6, 6.07) is 9.97. The van der Waals surface area contributed by atoms with Crippen LogP contribution in [0.15, 0.2) is 34.9 Å². The number of nitrogens with zero attached hydrogens (tertiary/aromatic N) is 1. The fourth-order valence-electron chi connectivity index (χ4n) is 2.34. The van der Waals surface area contributed by atoms with E-state index in [9.17, 15) is 13.2 Å². The van der Waals surface area contributed by atoms with Gasteiger partial charge in [0, 0.05) is 16.7 Å². The van der Waals surface area contributed by atoms with Gasteiger partial charge in [0.25, 0.3) is 0 Å². The van der Waals surface area contributed by atoms with Gasteiger partial charge in [0.2, 0.25) is 0 Å². The Morgan fingerprint density at radius 1 is 1.32 bits per heavy atom. The highest BCUT2D eigenvalue weighted by Gasteiger charge is 2.38. The molecule has 0 bridgehead atoms. The fourth-order valence-corrected chi connectivity index (χ4v) is 2.53. The number of piperidine rings is 1. The normalized spacial score (nSPS) is 17.5. The third-order valence-electron chi connectivity index (χ3n) is 3.55. The highest BCUT2D eigenvalue weighted by molar-refractivity contribution is 6.30. The van der Waals surface area contributed by atoms with E-state index >= 15 is 0 Å². The number of nitrogens with one attached hydrogen (secondary N) is 1. The Balaban J connectivity index is 0.000000277. The first kappa shape index (κ1) is 19.3. The number of carbonyl (C=O) groups is 1. The minimum Gasteiger partial charge on any atom is -0.475 e. The van der Waals surface area contributed by atoms with Crippen molar-refractivity contribution < 1.29 is 27.6 Å². The Labute approximate surface area is 146 Å². The van der Waals surface area contributed by atoms with Crippen molar-refractivity contribution >= 4 is 17.6 Å². The molecule has 1 aromatic carbocycles. The second-order valence-corrected chi connectivity index (χ2v) is 5.87. The van der Waals surface area contributed by atoms with Crippen molar-refractivity contribution in [2.24, 2.45) is 0 Å². The van der Waals surface area contributed by atoms with E-state index < -0.39 is 12.1 Å². The SMILES string of the molecule is Clc1cccc(-c2cc(C3CCCCN3)no2)c1.O=C(O)C(F)(F)F. The van der Waals surface area contributed by atoms with E-state index in [1.165, 1.54) is 12.8 Å². The van der Waals surface area contributed by atoms with Crippen LogP contribution in [-0.2, 0) is 4.79 Å². The molecule has 2 N–H and O–H groups in total. The van der Waals surface area contributed by atoms with Crippen LogP contribution in [0.1, 0.15) is 31.0 Å². The molecule has 0 spiro atoms. The minimum atomic E-state index is -5.08. The van der Waals surface area contributed by atoms with E-state index in [1.54, 1.807) is 0 Å². The smallest absolute Gasteiger partial charge is 0.475 e. The van der Waals surface area contributed by atoms with Gasteiger partial charge in [-0.3, -0.25) is 0 Å². The van der Waals surface area contributed by atoms with Gasteiger partial charge in [0.15, 0.2) is 5.76 Å². The van der Waals surface area contributed by atoms with Crippen LogP contribution in [0, 0.1) is 0 Å². The first-order chi connectivity index (χ1) is 11.8. The average molecular weight is 377 g/mol. The van der Waals surface area contributed by atoms with Crippen molar-refractivity contribution in [1.29, 1.82) is 0 Å². The van der Waals surface area contributed by atoms with E-state index in [0.717, 1.165) is 30.0 Å². The van der Waals surface area contributed by atoms with Crippen LogP contribution in [-0.4, -0.2) is 29.0 Å². The van der Waals surface area contributed by atoms with Gasteiger partial charge >= 0.3 is 12.1 Å². The number of hydrogen-bond acceptors (Lipinski definition) is 4. The largest absolute Gasteiger partial charge is 0.490 e. The summed E-state index contributed by atoms with van der Waals surface area (Å²) >= 11 is 5.98. The summed E-state index contributed by atoms with van der Waals surface area (Å²) < 4.78 is 37.1. The van der Waals surface area contributed by atoms with Crippen LogP contribution in [0.2, 0.25) is 5.02 Å². The van der Waals surface area contributed by atoms with Crippen molar-refractivity contribution in [2.45, 2.75) is 31.5 Å². The molecule has 5 nitrogen and oxygen atoms in total. The first-order valence-electron chi connectivity index (χ1n) is 7.53. The Morgan fingerprint density at radius 3 is 2.60 bits per heavy atom. The second kappa shape index (κ2) is 8.35. The van der Waals surface area contributed by atoms with E-state index in [0.29, 0.717) is 11.1 Å². The van der Waals surface area contributed by atoms with E-state index in [-0.39, 0.29) is 0 Å². The maximum absolute atomic E-state index is 10.6. The lowest BCUT2D eigenvalue weighted by molar-refractivity contribution is -0.192. The molecule has 1 saturated heterocycles. The molecule has 0 aliphatic carbocycles. The van der Waals surface area contributed by atoms with Crippen molar-refractivity contribution in [3.8, 4) is 11.3 Å². The maximum Gasteiger partial charge on any atom is 0.490 e. The van der Waals surface area contributed by atoms with Crippen LogP contribution in [0.5, 0.6) is 0 Å². The van der Waals surface area contributed by atoms with Gasteiger partial charge in [-0.05, 0) is 31.5 Å². The summed E-state index contributed by atoms with van der Waals surface area (Å²) in [5, 5.41) is 15.5. The van der Waals surface area contributed by atoms with Crippen LogP contribution >= 0.6 is 11.6 Å². The summed E-state index contributed by atoms with van der Waals surface area (Å²) in [6.07, 6.45) is -1.46. The lowest BCUT2D eigenvalue weighted by atomic mass is 10.0. The first-order valence-corrected chi connectivity index (χ1v) is 7.91. The number of aliphatic carboxylic acids is 1. The fraction of sp³-hybridized carbons (Fsp3) is 0.375. The average Bonchev–Trinajstić information content (AvgIpc) is 3.05. The van der Waals surface area contributed by atoms with Crippen LogP contribution < -0.4 is 5.32 Å². The zero-order valence-electron chi connectivity index (χ0n) is 13.0. The molecule has 1 unspecified atom stereocenters. The van der Waals surface area contributed by atoms with Gasteiger partial charge in [0.05, 0.1) is 6.04 Å². The molecule has 1 aliphatic heterocycles. The Bertz CT molecular complexity index is 713. The monoisotopic (exact) mass is 376 g/mol. The molecule has 1 aliphatic rings. The van der Waals surface area contributed by atoms with Gasteiger partial charge < -0.3 is 14.9 Å². The van der Waals surface area contributed by atoms with Gasteiger partial charge in [0.1, 0.15) is 5.69 Å². The standard InChI is InChI=1S/C14H15ClN2O.C2HF3O2/c15-11-5-3-4-10(8-11)14-9-13(17-18-14)12-6-1-2-7-16-12;3-2(4,5)1(6)7/h3-5,8-9,12,16H,1-2,6-7H2;(H,6,7). The van der Waals surface area contributed by atoms with Crippen molar-refractivity contribution in [2.75, 3.05) is 6.54 Å². The lowest BCUT2D eigenvalue weighted by Gasteiger charge is -2.20. The Hall–Kier alpha value is -2.06. The van der Waals surface area contributed by atoms with E-state index in [2.05, 4.69) is 10.5 Å². The number of benzene rings is 1. The lowest BCUT2D eigenvalue weighted by Crippen LogP contribution is -2.26. The molecular weight excluding hydrogens is 361 g/mol. The highest BCUT2D eigenvalue weighted by atomic mass is 35.5. The molecule has 3 rings (SSSR count). The molecule has 2 aromatic rings. The molecular formula is C16H16ClF3N2O3. The number of alkyl halides is 3. The third kappa shape index (κ3) is 5.75. The van der Waals surface area contributed by atoms with E-state index in [1.807, 2.05) is 30.3 Å². The molecule has 2 heterocycles. The molecule has 1 aromatic heterocycles. The summed E-state index contributed by atoms with van der Waals surface area (Å²) in [5.41, 5.74) is 1.96. The number of hydrogen-bond donors (Lipinski definition) is 2. The predicted octanol–water partition coefficient (Wildman–Crippen LogP) is 4.44. The van der Waals surface area contributed by atoms with Crippen molar-refractivity contribution in [3.63, 3.8) is 0 Å². The van der Waals surface area contributed by atoms with Crippen LogP contribution in [0.25, 0.3) is 11.3 Å². The highest BCUT2D eigenvalue weighted by Crippen LogP contribution is 2.28. The quantitative estimate of drug-likeness (QED) is 0.810. The second-order valence-electron chi connectivity index (χ2n) is 5.43. The van der Waals surface area contributed by atoms with E-state index in [4.69, 9.17) is 26.0 Å². The molecule has 0 radical (unpaired) electrons. The summed E-state index contributed by atoms with van der Waals surface area (Å²) in [5.74, 6) is -1.98. The van der Waals surface area contributed by atoms with Crippen molar-refractivity contribution in [3.05, 3.63) is 41.0 Å². The maximum atomic E-state index is 10.6. The molecule has 1 atom stereocenters. The Kier molecular flexibility index (Phi) is 6.44. The molecule has 0 saturated carbocycles. The molecule has 136 valence electrons.